The largest absolute Gasteiger partial charge is 0.391 e. The van der Waals surface area contributed by atoms with Gasteiger partial charge in [-0.3, -0.25) is 0 Å². The second kappa shape index (κ2) is 2.21. The maximum atomic E-state index is 9.20. The summed E-state index contributed by atoms with van der Waals surface area (Å²) in [7, 11) is 0. The Morgan fingerprint density at radius 2 is 2.00 bits per heavy atom. The van der Waals surface area contributed by atoms with E-state index < -0.39 is 0 Å². The molecule has 0 radical (unpaired) electrons. The molecule has 60 valence electrons. The zero-order valence-corrected chi connectivity index (χ0v) is 7.09. The molecule has 1 aliphatic rings. The number of hydrogen-bond donors (Lipinski definition) is 1. The molecule has 0 bridgehead atoms. The SMILES string of the molecule is CC(O)C1OC(C)C1(C)C. The predicted octanol–water partition coefficient (Wildman–Crippen LogP) is 1.18. The van der Waals surface area contributed by atoms with Gasteiger partial charge in [-0.05, 0) is 13.8 Å². The molecule has 2 heteroatoms. The van der Waals surface area contributed by atoms with Crippen molar-refractivity contribution in [2.45, 2.75) is 46.0 Å². The molecule has 0 aromatic rings. The Morgan fingerprint density at radius 1 is 1.50 bits per heavy atom. The minimum Gasteiger partial charge on any atom is -0.391 e. The van der Waals surface area contributed by atoms with Crippen LogP contribution in [0.1, 0.15) is 27.7 Å². The van der Waals surface area contributed by atoms with Crippen molar-refractivity contribution in [1.82, 2.24) is 0 Å². The van der Waals surface area contributed by atoms with Crippen molar-refractivity contribution in [3.05, 3.63) is 0 Å². The van der Waals surface area contributed by atoms with Crippen molar-refractivity contribution in [2.24, 2.45) is 5.41 Å². The Balaban J connectivity index is 2.55. The third-order valence-corrected chi connectivity index (χ3v) is 2.57. The molecule has 1 fully saturated rings. The lowest BCUT2D eigenvalue weighted by molar-refractivity contribution is -0.256. The number of aliphatic hydroxyl groups is 1. The van der Waals surface area contributed by atoms with Gasteiger partial charge in [-0.1, -0.05) is 13.8 Å². The van der Waals surface area contributed by atoms with E-state index in [1.54, 1.807) is 6.92 Å². The second-order valence-electron chi connectivity index (χ2n) is 3.76. The summed E-state index contributed by atoms with van der Waals surface area (Å²) in [6, 6.07) is 0. The van der Waals surface area contributed by atoms with Crippen LogP contribution in [-0.4, -0.2) is 23.4 Å². The highest BCUT2D eigenvalue weighted by atomic mass is 16.5. The Labute approximate surface area is 62.2 Å². The predicted molar refractivity (Wildman–Crippen MR) is 39.8 cm³/mol. The highest BCUT2D eigenvalue weighted by Gasteiger charge is 2.49. The molecule has 0 amide bonds. The summed E-state index contributed by atoms with van der Waals surface area (Å²) < 4.78 is 5.37. The molecule has 3 unspecified atom stereocenters. The summed E-state index contributed by atoms with van der Waals surface area (Å²) in [5.74, 6) is 0. The van der Waals surface area contributed by atoms with Crippen molar-refractivity contribution >= 4 is 0 Å². The molecule has 1 saturated heterocycles. The van der Waals surface area contributed by atoms with Gasteiger partial charge in [-0.2, -0.15) is 0 Å². The number of rotatable bonds is 1. The lowest BCUT2D eigenvalue weighted by atomic mass is 9.74. The fourth-order valence-corrected chi connectivity index (χ4v) is 1.47. The molecule has 0 saturated carbocycles. The van der Waals surface area contributed by atoms with Gasteiger partial charge in [-0.15, -0.1) is 0 Å². The minimum atomic E-state index is -0.341. The van der Waals surface area contributed by atoms with Crippen LogP contribution in [0.4, 0.5) is 0 Å². The first kappa shape index (κ1) is 8.02. The van der Waals surface area contributed by atoms with Crippen molar-refractivity contribution in [3.63, 3.8) is 0 Å². The molecule has 0 aromatic heterocycles. The van der Waals surface area contributed by atoms with Gasteiger partial charge in [0.15, 0.2) is 0 Å². The number of aliphatic hydroxyl groups excluding tert-OH is 1. The van der Waals surface area contributed by atoms with Crippen LogP contribution in [0.3, 0.4) is 0 Å². The molecule has 1 rings (SSSR count). The van der Waals surface area contributed by atoms with Crippen LogP contribution >= 0.6 is 0 Å². The second-order valence-corrected chi connectivity index (χ2v) is 3.76. The zero-order valence-electron chi connectivity index (χ0n) is 7.09. The van der Waals surface area contributed by atoms with E-state index in [4.69, 9.17) is 4.74 Å². The van der Waals surface area contributed by atoms with Gasteiger partial charge >= 0.3 is 0 Å². The zero-order chi connectivity index (χ0) is 7.94. The first-order valence-electron chi connectivity index (χ1n) is 3.79. The minimum absolute atomic E-state index is 0.0301. The molecule has 3 atom stereocenters. The molecule has 0 aromatic carbocycles. The Kier molecular flexibility index (Phi) is 1.77. The highest BCUT2D eigenvalue weighted by Crippen LogP contribution is 2.41. The van der Waals surface area contributed by atoms with Gasteiger partial charge in [0.1, 0.15) is 0 Å². The molecule has 10 heavy (non-hydrogen) atoms. The maximum Gasteiger partial charge on any atom is 0.0910 e. The molecule has 0 aliphatic carbocycles. The average Bonchev–Trinajstić information content (AvgIpc) is 1.82. The van der Waals surface area contributed by atoms with E-state index >= 15 is 0 Å². The summed E-state index contributed by atoms with van der Waals surface area (Å²) in [5, 5.41) is 9.20. The fourth-order valence-electron chi connectivity index (χ4n) is 1.47. The van der Waals surface area contributed by atoms with Crippen LogP contribution in [-0.2, 0) is 4.74 Å². The van der Waals surface area contributed by atoms with E-state index in [2.05, 4.69) is 13.8 Å². The lowest BCUT2D eigenvalue weighted by Crippen LogP contribution is -2.59. The maximum absolute atomic E-state index is 9.20. The fraction of sp³-hybridized carbons (Fsp3) is 1.00. The van der Waals surface area contributed by atoms with Crippen LogP contribution < -0.4 is 0 Å². The van der Waals surface area contributed by atoms with Crippen molar-refractivity contribution in [2.75, 3.05) is 0 Å². The van der Waals surface area contributed by atoms with Crippen molar-refractivity contribution in [3.8, 4) is 0 Å². The lowest BCUT2D eigenvalue weighted by Gasteiger charge is -2.51. The third-order valence-electron chi connectivity index (χ3n) is 2.57. The van der Waals surface area contributed by atoms with E-state index in [-0.39, 0.29) is 23.7 Å². The van der Waals surface area contributed by atoms with Gasteiger partial charge in [0.05, 0.1) is 18.3 Å². The topological polar surface area (TPSA) is 29.5 Å². The molecule has 0 spiro atoms. The number of ether oxygens (including phenoxy) is 1. The van der Waals surface area contributed by atoms with Crippen LogP contribution in [0.15, 0.2) is 0 Å². The molecule has 2 nitrogen and oxygen atoms in total. The third kappa shape index (κ3) is 0.956. The van der Waals surface area contributed by atoms with Crippen molar-refractivity contribution in [1.29, 1.82) is 0 Å². The van der Waals surface area contributed by atoms with E-state index in [9.17, 15) is 5.11 Å². The molecule has 1 aliphatic heterocycles. The Bertz CT molecular complexity index is 129. The van der Waals surface area contributed by atoms with Crippen molar-refractivity contribution < 1.29 is 9.84 Å². The summed E-state index contributed by atoms with van der Waals surface area (Å²) in [6.07, 6.45) is -0.0270. The molecule has 1 heterocycles. The molecular weight excluding hydrogens is 128 g/mol. The summed E-state index contributed by atoms with van der Waals surface area (Å²) >= 11 is 0. The van der Waals surface area contributed by atoms with Crippen LogP contribution in [0.25, 0.3) is 0 Å². The normalized spacial score (nSPS) is 40.5. The van der Waals surface area contributed by atoms with Gasteiger partial charge in [0.25, 0.3) is 0 Å². The van der Waals surface area contributed by atoms with E-state index in [0.29, 0.717) is 0 Å². The quantitative estimate of drug-likeness (QED) is 0.599. The van der Waals surface area contributed by atoms with E-state index in [1.807, 2.05) is 6.92 Å². The van der Waals surface area contributed by atoms with Gasteiger partial charge in [0.2, 0.25) is 0 Å². The monoisotopic (exact) mass is 144 g/mol. The summed E-state index contributed by atoms with van der Waals surface area (Å²) in [5.41, 5.74) is 0.147. The van der Waals surface area contributed by atoms with E-state index in [0.717, 1.165) is 0 Å². The molecular formula is C8H16O2. The first-order valence-corrected chi connectivity index (χ1v) is 3.79. The van der Waals surface area contributed by atoms with Gasteiger partial charge in [0, 0.05) is 5.41 Å². The van der Waals surface area contributed by atoms with Gasteiger partial charge < -0.3 is 9.84 Å². The van der Waals surface area contributed by atoms with Crippen LogP contribution in [0.5, 0.6) is 0 Å². The van der Waals surface area contributed by atoms with E-state index in [1.165, 1.54) is 0 Å². The Hall–Kier alpha value is -0.0800. The standard InChI is InChI=1S/C8H16O2/c1-5(9)7-8(3,4)6(2)10-7/h5-7,9H,1-4H3. The highest BCUT2D eigenvalue weighted by molar-refractivity contribution is 4.96. The summed E-state index contributed by atoms with van der Waals surface area (Å²) in [4.78, 5) is 0. The van der Waals surface area contributed by atoms with Gasteiger partial charge in [-0.25, -0.2) is 0 Å². The number of hydrogen-bond acceptors (Lipinski definition) is 2. The first-order chi connectivity index (χ1) is 4.46. The molecule has 1 N–H and O–H groups in total. The average molecular weight is 144 g/mol. The summed E-state index contributed by atoms with van der Waals surface area (Å²) in [6.45, 7) is 8.06. The van der Waals surface area contributed by atoms with Crippen LogP contribution in [0, 0.1) is 5.41 Å². The van der Waals surface area contributed by atoms with Crippen LogP contribution in [0.2, 0.25) is 0 Å². The Morgan fingerprint density at radius 3 is 2.10 bits per heavy atom. The smallest absolute Gasteiger partial charge is 0.0910 e.